The van der Waals surface area contributed by atoms with Gasteiger partial charge in [-0.1, -0.05) is 0 Å². The number of aliphatic hydroxyl groups is 1. The van der Waals surface area contributed by atoms with Crippen molar-refractivity contribution in [2.45, 2.75) is 12.3 Å². The third-order valence-corrected chi connectivity index (χ3v) is 3.76. The largest absolute Gasteiger partial charge is 0.491 e. The molecular weight excluding hydrogens is 363 g/mol. The number of aliphatic hydroxyl groups excluding tert-OH is 1. The summed E-state index contributed by atoms with van der Waals surface area (Å²) in [5.41, 5.74) is -0.0103. The number of fused-ring (bicyclic) bond motifs is 1. The normalized spacial score (nSPS) is 12.7. The van der Waals surface area contributed by atoms with Crippen LogP contribution in [0.15, 0.2) is 48.7 Å². The fourth-order valence-corrected chi connectivity index (χ4v) is 2.35. The number of nitrogens with one attached hydrogen (secondary N) is 2. The first kappa shape index (κ1) is 18.7. The quantitative estimate of drug-likeness (QED) is 0.615. The van der Waals surface area contributed by atoms with E-state index in [2.05, 4.69) is 15.3 Å². The standard InChI is InChI=1S/C18H16F3N3O3/c19-18(20,21)12-2-4-14(5-3-12)27-10-13(25)9-23-17(26)15-6-1-11-7-8-22-16(11)24-15/h1-8,13,25H,9-10H2,(H,22,24)(H,23,26). The van der Waals surface area contributed by atoms with Gasteiger partial charge in [0, 0.05) is 18.1 Å². The van der Waals surface area contributed by atoms with Crippen molar-refractivity contribution in [2.75, 3.05) is 13.2 Å². The van der Waals surface area contributed by atoms with Crippen molar-refractivity contribution >= 4 is 16.9 Å². The van der Waals surface area contributed by atoms with Crippen molar-refractivity contribution in [3.8, 4) is 5.75 Å². The number of hydrogen-bond donors (Lipinski definition) is 3. The highest BCUT2D eigenvalue weighted by Crippen LogP contribution is 2.30. The highest BCUT2D eigenvalue weighted by atomic mass is 19.4. The van der Waals surface area contributed by atoms with Crippen LogP contribution in [0.1, 0.15) is 16.1 Å². The number of amides is 1. The molecule has 0 saturated carbocycles. The summed E-state index contributed by atoms with van der Waals surface area (Å²) in [5.74, 6) is -0.271. The predicted molar refractivity (Wildman–Crippen MR) is 91.4 cm³/mol. The molecule has 0 fully saturated rings. The molecule has 1 amide bonds. The number of ether oxygens (including phenoxy) is 1. The molecule has 3 N–H and O–H groups in total. The van der Waals surface area contributed by atoms with Crippen molar-refractivity contribution in [2.24, 2.45) is 0 Å². The number of halogens is 3. The van der Waals surface area contributed by atoms with Gasteiger partial charge >= 0.3 is 6.18 Å². The van der Waals surface area contributed by atoms with Crippen LogP contribution in [0.3, 0.4) is 0 Å². The number of rotatable bonds is 6. The summed E-state index contributed by atoms with van der Waals surface area (Å²) in [5, 5.41) is 13.3. The maximum absolute atomic E-state index is 12.5. The molecule has 27 heavy (non-hydrogen) atoms. The summed E-state index contributed by atoms with van der Waals surface area (Å²) in [4.78, 5) is 19.1. The van der Waals surface area contributed by atoms with Gasteiger partial charge in [-0.25, -0.2) is 4.98 Å². The number of nitrogens with zero attached hydrogens (tertiary/aromatic N) is 1. The molecule has 0 saturated heterocycles. The fourth-order valence-electron chi connectivity index (χ4n) is 2.35. The van der Waals surface area contributed by atoms with E-state index in [0.29, 0.717) is 5.65 Å². The number of aromatic nitrogens is 2. The second-order valence-electron chi connectivity index (χ2n) is 5.81. The van der Waals surface area contributed by atoms with Crippen molar-refractivity contribution in [1.29, 1.82) is 0 Å². The van der Waals surface area contributed by atoms with E-state index in [1.54, 1.807) is 18.3 Å². The third kappa shape index (κ3) is 4.76. The third-order valence-electron chi connectivity index (χ3n) is 3.76. The van der Waals surface area contributed by atoms with Crippen LogP contribution in [0, 0.1) is 0 Å². The van der Waals surface area contributed by atoms with E-state index in [0.717, 1.165) is 17.5 Å². The first-order valence-electron chi connectivity index (χ1n) is 8.03. The molecule has 2 aromatic heterocycles. The number of H-pyrrole nitrogens is 1. The van der Waals surface area contributed by atoms with Gasteiger partial charge < -0.3 is 20.1 Å². The number of carbonyl (C=O) groups excluding carboxylic acids is 1. The summed E-state index contributed by atoms with van der Waals surface area (Å²) in [7, 11) is 0. The molecule has 9 heteroatoms. The molecule has 1 unspecified atom stereocenters. The Hall–Kier alpha value is -3.07. The lowest BCUT2D eigenvalue weighted by molar-refractivity contribution is -0.137. The number of benzene rings is 1. The van der Waals surface area contributed by atoms with Gasteiger partial charge in [-0.05, 0) is 42.5 Å². The number of hydrogen-bond acceptors (Lipinski definition) is 4. The molecule has 1 aromatic carbocycles. The van der Waals surface area contributed by atoms with Gasteiger partial charge in [-0.2, -0.15) is 13.2 Å². The molecule has 1 atom stereocenters. The molecule has 3 aromatic rings. The number of carbonyl (C=O) groups is 1. The summed E-state index contributed by atoms with van der Waals surface area (Å²) in [6, 6.07) is 9.27. The van der Waals surface area contributed by atoms with E-state index >= 15 is 0 Å². The molecule has 0 bridgehead atoms. The molecule has 0 aliphatic heterocycles. The highest BCUT2D eigenvalue weighted by Gasteiger charge is 2.30. The Kier molecular flexibility index (Phi) is 5.31. The zero-order valence-electron chi connectivity index (χ0n) is 14.0. The van der Waals surface area contributed by atoms with Gasteiger partial charge in [0.05, 0.1) is 5.56 Å². The summed E-state index contributed by atoms with van der Waals surface area (Å²) >= 11 is 0. The Morgan fingerprint density at radius 1 is 1.19 bits per heavy atom. The van der Waals surface area contributed by atoms with Crippen molar-refractivity contribution in [1.82, 2.24) is 15.3 Å². The Balaban J connectivity index is 1.47. The van der Waals surface area contributed by atoms with Crippen LogP contribution in [0.25, 0.3) is 11.0 Å². The topological polar surface area (TPSA) is 87.2 Å². The zero-order valence-corrected chi connectivity index (χ0v) is 14.0. The Morgan fingerprint density at radius 3 is 2.63 bits per heavy atom. The van der Waals surface area contributed by atoms with Gasteiger partial charge in [-0.15, -0.1) is 0 Å². The maximum atomic E-state index is 12.5. The van der Waals surface area contributed by atoms with Crippen molar-refractivity contribution in [3.05, 3.63) is 59.9 Å². The minimum absolute atomic E-state index is 0.0933. The smallest absolute Gasteiger partial charge is 0.416 e. The van der Waals surface area contributed by atoms with Gasteiger partial charge in [0.15, 0.2) is 0 Å². The Bertz CT molecular complexity index is 923. The molecule has 142 valence electrons. The molecule has 0 spiro atoms. The van der Waals surface area contributed by atoms with Crippen LogP contribution < -0.4 is 10.1 Å². The SMILES string of the molecule is O=C(NCC(O)COc1ccc(C(F)(F)F)cc1)c1ccc2cc[nH]c2n1. The zero-order chi connectivity index (χ0) is 19.4. The van der Waals surface area contributed by atoms with Crippen LogP contribution in [-0.2, 0) is 6.18 Å². The molecule has 0 aliphatic rings. The van der Waals surface area contributed by atoms with E-state index < -0.39 is 23.8 Å². The van der Waals surface area contributed by atoms with Crippen LogP contribution in [0.4, 0.5) is 13.2 Å². The molecule has 0 radical (unpaired) electrons. The Morgan fingerprint density at radius 2 is 1.93 bits per heavy atom. The maximum Gasteiger partial charge on any atom is 0.416 e. The highest BCUT2D eigenvalue weighted by molar-refractivity contribution is 5.94. The average molecular weight is 379 g/mol. The van der Waals surface area contributed by atoms with Crippen LogP contribution in [0.5, 0.6) is 5.75 Å². The minimum Gasteiger partial charge on any atom is -0.491 e. The van der Waals surface area contributed by atoms with Gasteiger partial charge in [-0.3, -0.25) is 4.79 Å². The second-order valence-corrected chi connectivity index (χ2v) is 5.81. The van der Waals surface area contributed by atoms with E-state index in [9.17, 15) is 23.1 Å². The lowest BCUT2D eigenvalue weighted by Gasteiger charge is -2.14. The monoisotopic (exact) mass is 379 g/mol. The van der Waals surface area contributed by atoms with E-state index in [1.807, 2.05) is 6.07 Å². The van der Waals surface area contributed by atoms with Crippen LogP contribution in [0.2, 0.25) is 0 Å². The fraction of sp³-hybridized carbons (Fsp3) is 0.222. The van der Waals surface area contributed by atoms with Crippen molar-refractivity contribution < 1.29 is 27.8 Å². The Labute approximate surface area is 152 Å². The molecule has 3 rings (SSSR count). The summed E-state index contributed by atoms with van der Waals surface area (Å²) in [6.45, 7) is -0.279. The first-order chi connectivity index (χ1) is 12.8. The summed E-state index contributed by atoms with van der Waals surface area (Å²) in [6.07, 6.45) is -3.74. The minimum atomic E-state index is -4.42. The van der Waals surface area contributed by atoms with Gasteiger partial charge in [0.1, 0.15) is 29.8 Å². The van der Waals surface area contributed by atoms with Crippen LogP contribution in [-0.4, -0.2) is 40.2 Å². The molecule has 0 aliphatic carbocycles. The number of pyridine rings is 1. The van der Waals surface area contributed by atoms with Crippen LogP contribution >= 0.6 is 0 Å². The molecule has 2 heterocycles. The van der Waals surface area contributed by atoms with E-state index in [1.165, 1.54) is 12.1 Å². The number of aromatic amines is 1. The summed E-state index contributed by atoms with van der Waals surface area (Å²) < 4.78 is 42.7. The van der Waals surface area contributed by atoms with E-state index in [4.69, 9.17) is 4.74 Å². The second kappa shape index (κ2) is 7.67. The average Bonchev–Trinajstić information content (AvgIpc) is 3.11. The predicted octanol–water partition coefficient (Wildman–Crippen LogP) is 2.75. The number of alkyl halides is 3. The van der Waals surface area contributed by atoms with E-state index in [-0.39, 0.29) is 24.6 Å². The molecular formula is C18H16F3N3O3. The lowest BCUT2D eigenvalue weighted by atomic mass is 10.2. The van der Waals surface area contributed by atoms with Crippen molar-refractivity contribution in [3.63, 3.8) is 0 Å². The van der Waals surface area contributed by atoms with Gasteiger partial charge in [0.2, 0.25) is 0 Å². The molecule has 6 nitrogen and oxygen atoms in total. The van der Waals surface area contributed by atoms with Gasteiger partial charge in [0.25, 0.3) is 5.91 Å². The lowest BCUT2D eigenvalue weighted by Crippen LogP contribution is -2.35. The first-order valence-corrected chi connectivity index (χ1v) is 8.03.